The lowest BCUT2D eigenvalue weighted by atomic mass is 10.00. The Bertz CT molecular complexity index is 494. The van der Waals surface area contributed by atoms with Gasteiger partial charge in [-0.1, -0.05) is 19.8 Å². The van der Waals surface area contributed by atoms with Crippen molar-refractivity contribution in [2.24, 2.45) is 0 Å². The van der Waals surface area contributed by atoms with Gasteiger partial charge in [0.1, 0.15) is 0 Å². The van der Waals surface area contributed by atoms with Crippen LogP contribution in [0.5, 0.6) is 0 Å². The largest absolute Gasteiger partial charge is 0.371 e. The highest BCUT2D eigenvalue weighted by molar-refractivity contribution is 5.74. The zero-order valence-corrected chi connectivity index (χ0v) is 12.7. The Morgan fingerprint density at radius 3 is 3.05 bits per heavy atom. The molecule has 1 aliphatic heterocycles. The van der Waals surface area contributed by atoms with Crippen LogP contribution in [0.2, 0.25) is 0 Å². The van der Waals surface area contributed by atoms with Crippen LogP contribution in [0.3, 0.4) is 0 Å². The van der Waals surface area contributed by atoms with Gasteiger partial charge in [0.15, 0.2) is 0 Å². The van der Waals surface area contributed by atoms with Gasteiger partial charge in [-0.25, -0.2) is 4.79 Å². The number of carbonyl (C=O) groups excluding carboxylic acids is 1. The van der Waals surface area contributed by atoms with E-state index in [1.165, 1.54) is 12.8 Å². The summed E-state index contributed by atoms with van der Waals surface area (Å²) in [4.78, 5) is 14.2. The molecular weight excluding hydrogens is 268 g/mol. The summed E-state index contributed by atoms with van der Waals surface area (Å²) >= 11 is 0. The highest BCUT2D eigenvalue weighted by Gasteiger charge is 2.40. The number of amides is 2. The van der Waals surface area contributed by atoms with E-state index in [9.17, 15) is 4.79 Å². The average Bonchev–Trinajstić information content (AvgIpc) is 3.14. The van der Waals surface area contributed by atoms with Crippen LogP contribution in [0.25, 0.3) is 0 Å². The number of hydrogen-bond acceptors (Lipinski definition) is 3. The molecule has 0 bridgehead atoms. The zero-order chi connectivity index (χ0) is 14.7. The minimum atomic E-state index is -0.0705. The number of aryl methyl sites for hydroxylation is 1. The molecule has 2 heterocycles. The molecule has 1 aliphatic carbocycles. The second-order valence-corrected chi connectivity index (χ2v) is 6.06. The maximum Gasteiger partial charge on any atom is 0.317 e. The highest BCUT2D eigenvalue weighted by atomic mass is 16.5. The predicted octanol–water partition coefficient (Wildman–Crippen LogP) is 1.83. The number of morpholine rings is 1. The Morgan fingerprint density at radius 1 is 1.52 bits per heavy atom. The molecular formula is C15H24N4O2. The Morgan fingerprint density at radius 2 is 2.33 bits per heavy atom. The lowest BCUT2D eigenvalue weighted by Gasteiger charge is -2.40. The van der Waals surface area contributed by atoms with Crippen LogP contribution in [0.4, 0.5) is 4.79 Å². The molecule has 0 atom stereocenters. The van der Waals surface area contributed by atoms with Gasteiger partial charge in [0.25, 0.3) is 0 Å². The van der Waals surface area contributed by atoms with E-state index < -0.39 is 0 Å². The van der Waals surface area contributed by atoms with Gasteiger partial charge in [-0.05, 0) is 25.3 Å². The number of aromatic amines is 1. The summed E-state index contributed by atoms with van der Waals surface area (Å²) in [6.07, 6.45) is 5.48. The lowest BCUT2D eigenvalue weighted by Crippen LogP contribution is -2.54. The number of urea groups is 1. The number of H-pyrrole nitrogens is 1. The number of aromatic nitrogens is 2. The predicted molar refractivity (Wildman–Crippen MR) is 78.9 cm³/mol. The number of rotatable bonds is 3. The number of hydrogen-bond donors (Lipinski definition) is 2. The van der Waals surface area contributed by atoms with Crippen molar-refractivity contribution in [2.45, 2.75) is 51.2 Å². The van der Waals surface area contributed by atoms with E-state index in [4.69, 9.17) is 4.74 Å². The van der Waals surface area contributed by atoms with Crippen molar-refractivity contribution in [1.82, 2.24) is 20.4 Å². The molecule has 1 aromatic rings. The first kappa shape index (κ1) is 14.4. The fraction of sp³-hybridized carbons (Fsp3) is 0.733. The molecule has 0 unspecified atom stereocenters. The third-order valence-corrected chi connectivity index (χ3v) is 4.53. The van der Waals surface area contributed by atoms with E-state index >= 15 is 0 Å². The molecule has 1 saturated heterocycles. The molecule has 6 nitrogen and oxygen atoms in total. The van der Waals surface area contributed by atoms with Crippen LogP contribution in [-0.2, 0) is 17.7 Å². The number of nitrogens with one attached hydrogen (secondary N) is 2. The van der Waals surface area contributed by atoms with Gasteiger partial charge in [0.05, 0.1) is 36.7 Å². The van der Waals surface area contributed by atoms with Crippen LogP contribution in [0.1, 0.15) is 44.0 Å². The summed E-state index contributed by atoms with van der Waals surface area (Å²) in [6, 6.07) is 2.00. The van der Waals surface area contributed by atoms with Gasteiger partial charge in [0.2, 0.25) is 0 Å². The fourth-order valence-corrected chi connectivity index (χ4v) is 3.30. The maximum absolute atomic E-state index is 12.3. The Balaban J connectivity index is 1.52. The van der Waals surface area contributed by atoms with Crippen molar-refractivity contribution in [3.05, 3.63) is 17.5 Å². The standard InChI is InChI=1S/C15H24N4O2/c1-2-12-9-13(18-17-12)10-16-14(20)19-7-8-21-15(11-19)5-3-4-6-15/h9H,2-8,10-11H2,1H3,(H,16,20)(H,17,18). The van der Waals surface area contributed by atoms with E-state index in [-0.39, 0.29) is 11.6 Å². The molecule has 1 spiro atoms. The molecule has 1 saturated carbocycles. The number of ether oxygens (including phenoxy) is 1. The molecule has 116 valence electrons. The fourth-order valence-electron chi connectivity index (χ4n) is 3.30. The third-order valence-electron chi connectivity index (χ3n) is 4.53. The quantitative estimate of drug-likeness (QED) is 0.893. The van der Waals surface area contributed by atoms with Crippen molar-refractivity contribution in [3.63, 3.8) is 0 Å². The number of carbonyl (C=O) groups is 1. The molecule has 6 heteroatoms. The van der Waals surface area contributed by atoms with Crippen molar-refractivity contribution < 1.29 is 9.53 Å². The van der Waals surface area contributed by atoms with Gasteiger partial charge in [-0.2, -0.15) is 5.10 Å². The second kappa shape index (κ2) is 6.05. The third kappa shape index (κ3) is 3.20. The van der Waals surface area contributed by atoms with Crippen LogP contribution in [-0.4, -0.2) is 46.4 Å². The van der Waals surface area contributed by atoms with E-state index in [0.717, 1.165) is 37.2 Å². The van der Waals surface area contributed by atoms with E-state index in [1.807, 2.05) is 11.0 Å². The minimum Gasteiger partial charge on any atom is -0.371 e. The Kier molecular flexibility index (Phi) is 4.14. The minimum absolute atomic E-state index is 0.00257. The summed E-state index contributed by atoms with van der Waals surface area (Å²) in [5.74, 6) is 0. The highest BCUT2D eigenvalue weighted by Crippen LogP contribution is 2.35. The lowest BCUT2D eigenvalue weighted by molar-refractivity contribution is -0.0925. The molecule has 0 radical (unpaired) electrons. The molecule has 0 aromatic carbocycles. The maximum atomic E-state index is 12.3. The topological polar surface area (TPSA) is 70.2 Å². The Labute approximate surface area is 125 Å². The first-order chi connectivity index (χ1) is 10.2. The summed E-state index contributed by atoms with van der Waals surface area (Å²) in [5.41, 5.74) is 1.90. The normalized spacial score (nSPS) is 20.9. The van der Waals surface area contributed by atoms with Gasteiger partial charge >= 0.3 is 6.03 Å². The van der Waals surface area contributed by atoms with Crippen molar-refractivity contribution in [1.29, 1.82) is 0 Å². The van der Waals surface area contributed by atoms with E-state index in [0.29, 0.717) is 19.7 Å². The summed E-state index contributed by atoms with van der Waals surface area (Å²) in [7, 11) is 0. The van der Waals surface area contributed by atoms with E-state index in [2.05, 4.69) is 22.4 Å². The molecule has 21 heavy (non-hydrogen) atoms. The summed E-state index contributed by atoms with van der Waals surface area (Å²) < 4.78 is 5.95. The molecule has 1 aromatic heterocycles. The first-order valence-electron chi connectivity index (χ1n) is 7.91. The van der Waals surface area contributed by atoms with Crippen molar-refractivity contribution in [3.8, 4) is 0 Å². The van der Waals surface area contributed by atoms with Crippen molar-refractivity contribution in [2.75, 3.05) is 19.7 Å². The van der Waals surface area contributed by atoms with Gasteiger partial charge < -0.3 is 15.0 Å². The van der Waals surface area contributed by atoms with Gasteiger partial charge in [-0.3, -0.25) is 5.10 Å². The van der Waals surface area contributed by atoms with Gasteiger partial charge in [-0.15, -0.1) is 0 Å². The zero-order valence-electron chi connectivity index (χ0n) is 12.7. The van der Waals surface area contributed by atoms with Crippen LogP contribution >= 0.6 is 0 Å². The molecule has 2 N–H and O–H groups in total. The molecule has 2 fully saturated rings. The average molecular weight is 292 g/mol. The smallest absolute Gasteiger partial charge is 0.317 e. The van der Waals surface area contributed by atoms with Gasteiger partial charge in [0, 0.05) is 6.54 Å². The molecule has 2 amide bonds. The molecule has 3 rings (SSSR count). The van der Waals surface area contributed by atoms with E-state index in [1.54, 1.807) is 0 Å². The second-order valence-electron chi connectivity index (χ2n) is 6.06. The summed E-state index contributed by atoms with van der Waals surface area (Å²) in [5, 5.41) is 10.1. The number of nitrogens with zero attached hydrogens (tertiary/aromatic N) is 2. The van der Waals surface area contributed by atoms with Crippen LogP contribution in [0.15, 0.2) is 6.07 Å². The first-order valence-corrected chi connectivity index (χ1v) is 7.91. The van der Waals surface area contributed by atoms with Crippen LogP contribution < -0.4 is 5.32 Å². The molecule has 2 aliphatic rings. The monoisotopic (exact) mass is 292 g/mol. The summed E-state index contributed by atoms with van der Waals surface area (Å²) in [6.45, 7) is 4.61. The van der Waals surface area contributed by atoms with Crippen LogP contribution in [0, 0.1) is 0 Å². The SMILES string of the molecule is CCc1cc(CNC(=O)N2CCOC3(CCCC3)C2)[nH]n1. The van der Waals surface area contributed by atoms with Crippen molar-refractivity contribution >= 4 is 6.03 Å². The Hall–Kier alpha value is -1.56.